The predicted octanol–water partition coefficient (Wildman–Crippen LogP) is 32.9. The van der Waals surface area contributed by atoms with Crippen molar-refractivity contribution in [1.29, 1.82) is 0 Å². The van der Waals surface area contributed by atoms with Crippen molar-refractivity contribution in [2.75, 3.05) is 0 Å². The predicted molar refractivity (Wildman–Crippen MR) is 547 cm³/mol. The zero-order valence-corrected chi connectivity index (χ0v) is 89.0. The molecule has 0 atom stereocenters. The third-order valence-electron chi connectivity index (χ3n) is 26.2. The van der Waals surface area contributed by atoms with Crippen molar-refractivity contribution in [2.45, 2.75) is 486 Å². The van der Waals surface area contributed by atoms with E-state index in [4.69, 9.17) is 0 Å². The Morgan fingerprint density at radius 3 is 0.419 bits per heavy atom. The summed E-state index contributed by atoms with van der Waals surface area (Å²) >= 11 is 0. The minimum absolute atomic E-state index is 0. The van der Waals surface area contributed by atoms with E-state index in [1.807, 2.05) is 72.8 Å². The summed E-state index contributed by atoms with van der Waals surface area (Å²) in [7, 11) is -18.0. The summed E-state index contributed by atoms with van der Waals surface area (Å²) in [6.07, 6.45) is 72.9. The number of aryl methyl sites for hydroxylation is 8. The molecule has 0 fully saturated rings. The Morgan fingerprint density at radius 2 is 0.287 bits per heavy atom. The van der Waals surface area contributed by atoms with Crippen LogP contribution in [0.25, 0.3) is 43.1 Å². The zero-order valence-electron chi connectivity index (χ0n) is 81.8. The van der Waals surface area contributed by atoms with Crippen LogP contribution in [0, 0.1) is 0 Å². The van der Waals surface area contributed by atoms with Gasteiger partial charge >= 0.3 is 0 Å². The fraction of sp³-hybridized carbons (Fsp3) is 0.643. The van der Waals surface area contributed by atoms with Crippen LogP contribution >= 0.6 is 0 Å². The van der Waals surface area contributed by atoms with Gasteiger partial charge in [0.05, 0.1) is 19.6 Å². The monoisotopic (exact) mass is 2050 g/mol. The van der Waals surface area contributed by atoms with Gasteiger partial charge in [-0.3, -0.25) is 0 Å². The molecule has 0 spiro atoms. The van der Waals surface area contributed by atoms with Gasteiger partial charge in [-0.1, -0.05) is 461 Å². The largest absolute Gasteiger partial charge is 0.744 e. The Hall–Kier alpha value is -4.64. The molecule has 0 amide bonds. The van der Waals surface area contributed by atoms with E-state index in [0.717, 1.165) is 216 Å². The van der Waals surface area contributed by atoms with Crippen LogP contribution in [-0.2, 0) is 91.8 Å². The van der Waals surface area contributed by atoms with Crippen molar-refractivity contribution in [2.24, 2.45) is 0 Å². The second-order valence-corrected chi connectivity index (χ2v) is 42.4. The van der Waals surface area contributed by atoms with Gasteiger partial charge in [-0.2, -0.15) is 0 Å². The topological polar surface area (TPSA) is 229 Å². The number of hydrogen-bond donors (Lipinski definition) is 0. The van der Waals surface area contributed by atoms with Crippen LogP contribution in [-0.4, -0.2) is 79.2 Å². The van der Waals surface area contributed by atoms with E-state index in [-0.39, 0.29) is 46.9 Å². The fourth-order valence-electron chi connectivity index (χ4n) is 18.8. The normalized spacial score (nSPS) is 11.9. The minimum Gasteiger partial charge on any atom is -0.744 e. The van der Waals surface area contributed by atoms with Crippen molar-refractivity contribution in [3.63, 3.8) is 0 Å². The van der Waals surface area contributed by atoms with E-state index in [1.54, 1.807) is 24.3 Å². The Morgan fingerprint density at radius 1 is 0.171 bits per heavy atom. The molecule has 0 unspecified atom stereocenters. The van der Waals surface area contributed by atoms with Gasteiger partial charge in [0.2, 0.25) is 0 Å². The number of unbranched alkanes of at least 4 members (excludes halogenated alkanes) is 48. The summed E-state index contributed by atoms with van der Waals surface area (Å²) in [5.74, 6) is 0. The maximum atomic E-state index is 12.2. The Balaban J connectivity index is 0.000000359. The number of benzene rings is 8. The molecule has 0 saturated carbocycles. The first-order chi connectivity index (χ1) is 61.9. The van der Waals surface area contributed by atoms with E-state index in [2.05, 4.69) is 79.7 Å². The molecule has 4 radical (unpaired) electrons. The molecule has 0 aliphatic carbocycles. The van der Waals surface area contributed by atoms with Gasteiger partial charge in [-0.05, 0) is 215 Å². The molecule has 0 bridgehead atoms. The average molecular weight is 2050 g/mol. The number of hydrogen-bond acceptors (Lipinski definition) is 12. The SMILES string of the molecule is CCCCCCCCCc1cc(S(=O)(=O)[O-])c(CCCCCCCCC)c2ccccc12.CCCCCCCCCc1cc(S(=O)(=O)[O-])c(CCCCCCCCC)c2ccccc12.CCCCCCCCCc1cc(S(=O)(=O)[O-])c(CCCCCCCCC)c2ccccc12.CCCCCCCCCc1cc(S(=O)(=O)[O-])c(CCCCCCCCC)c2ccccc12.[Pb]. The van der Waals surface area contributed by atoms with Crippen LogP contribution in [0.2, 0.25) is 0 Å². The van der Waals surface area contributed by atoms with Crippen LogP contribution in [0.1, 0.15) is 459 Å². The van der Waals surface area contributed by atoms with Gasteiger partial charge in [-0.25, -0.2) is 33.7 Å². The van der Waals surface area contributed by atoms with Gasteiger partial charge in [0.1, 0.15) is 40.5 Å². The first kappa shape index (κ1) is 117. The third-order valence-corrected chi connectivity index (χ3v) is 29.8. The molecule has 0 aromatic heterocycles. The molecule has 0 aliphatic rings. The van der Waals surface area contributed by atoms with E-state index in [9.17, 15) is 51.9 Å². The standard InChI is InChI=1S/4C28H44O3S.Pb/c4*1-3-5-7-9-11-13-15-19-24-23-28(32(29,30)31)27(26-21-18-17-20-25(24)26)22-16-14-12-10-8-6-4-2;/h4*17-18,20-21,23H,3-16,19,22H2,1-2H3,(H,29,30,31);/p-4. The van der Waals surface area contributed by atoms with Crippen molar-refractivity contribution < 1.29 is 51.9 Å². The van der Waals surface area contributed by atoms with Gasteiger partial charge in [0.25, 0.3) is 0 Å². The van der Waals surface area contributed by atoms with Crippen LogP contribution in [0.15, 0.2) is 141 Å². The molecule has 8 rings (SSSR count). The summed E-state index contributed by atoms with van der Waals surface area (Å²) < 4.78 is 146. The average Bonchev–Trinajstić information content (AvgIpc) is 0.786. The smallest absolute Gasteiger partial charge is 0.124 e. The third kappa shape index (κ3) is 45.7. The van der Waals surface area contributed by atoms with E-state index in [0.29, 0.717) is 25.7 Å². The Labute approximate surface area is 807 Å². The van der Waals surface area contributed by atoms with Gasteiger partial charge in [-0.15, -0.1) is 0 Å². The molecule has 8 aromatic carbocycles. The van der Waals surface area contributed by atoms with E-state index in [1.165, 1.54) is 257 Å². The quantitative estimate of drug-likeness (QED) is 0.0197. The summed E-state index contributed by atoms with van der Waals surface area (Å²) in [5, 5.41) is 8.27. The molecular formula is C112H172O12PbS4-4. The first-order valence-electron chi connectivity index (χ1n) is 51.9. The number of rotatable bonds is 68. The van der Waals surface area contributed by atoms with Crippen LogP contribution in [0.5, 0.6) is 0 Å². The molecule has 0 heterocycles. The van der Waals surface area contributed by atoms with Crippen molar-refractivity contribution >= 4 is 111 Å². The minimum atomic E-state index is -4.50. The summed E-state index contributed by atoms with van der Waals surface area (Å²) in [6, 6.07) is 39.0. The van der Waals surface area contributed by atoms with Crippen LogP contribution in [0.4, 0.5) is 0 Å². The van der Waals surface area contributed by atoms with Crippen LogP contribution < -0.4 is 0 Å². The van der Waals surface area contributed by atoms with Gasteiger partial charge < -0.3 is 18.2 Å². The maximum Gasteiger partial charge on any atom is 0.124 e. The molecule has 0 aliphatic heterocycles. The molecule has 0 saturated heterocycles. The van der Waals surface area contributed by atoms with E-state index >= 15 is 0 Å². The van der Waals surface area contributed by atoms with Gasteiger partial charge in [0, 0.05) is 27.3 Å². The zero-order chi connectivity index (χ0) is 92.9. The molecular weight excluding hydrogens is 1870 g/mol. The molecule has 724 valence electrons. The maximum absolute atomic E-state index is 12.2. The molecule has 12 nitrogen and oxygen atoms in total. The van der Waals surface area contributed by atoms with Crippen LogP contribution in [0.3, 0.4) is 0 Å². The Bertz CT molecular complexity index is 4220. The summed E-state index contributed by atoms with van der Waals surface area (Å²) in [5.41, 5.74) is 6.94. The first-order valence-corrected chi connectivity index (χ1v) is 57.6. The summed E-state index contributed by atoms with van der Waals surface area (Å²) in [6.45, 7) is 17.8. The molecule has 8 aromatic rings. The summed E-state index contributed by atoms with van der Waals surface area (Å²) in [4.78, 5) is 0.0560. The van der Waals surface area contributed by atoms with Crippen molar-refractivity contribution in [3.8, 4) is 0 Å². The molecule has 129 heavy (non-hydrogen) atoms. The number of fused-ring (bicyclic) bond motifs is 4. The van der Waals surface area contributed by atoms with Crippen molar-refractivity contribution in [1.82, 2.24) is 0 Å². The molecule has 17 heteroatoms. The van der Waals surface area contributed by atoms with Crippen molar-refractivity contribution in [3.05, 3.63) is 166 Å². The molecule has 0 N–H and O–H groups in total. The van der Waals surface area contributed by atoms with Gasteiger partial charge in [0.15, 0.2) is 0 Å². The fourth-order valence-corrected chi connectivity index (χ4v) is 22.0. The van der Waals surface area contributed by atoms with E-state index < -0.39 is 40.5 Å². The second-order valence-electron chi connectivity index (χ2n) is 37.0. The Kier molecular flexibility index (Phi) is 62.6. The second kappa shape index (κ2) is 69.2.